The monoisotopic (exact) mass is 540 g/mol. The second kappa shape index (κ2) is 10.5. The van der Waals surface area contributed by atoms with Gasteiger partial charge >= 0.3 is 10.4 Å². The lowest BCUT2D eigenvalue weighted by atomic mass is 9.99. The summed E-state index contributed by atoms with van der Waals surface area (Å²) in [6.45, 7) is 4.87. The molecule has 1 saturated carbocycles. The maximum absolute atomic E-state index is 10.9. The van der Waals surface area contributed by atoms with Crippen LogP contribution in [0.4, 0.5) is 5.13 Å². The van der Waals surface area contributed by atoms with Crippen LogP contribution in [-0.2, 0) is 21.2 Å². The highest BCUT2D eigenvalue weighted by atomic mass is 35.5. The SMILES string of the molecule is CCCN(c1nc(-c2ccc(Cl)cc2Cl)c(C)s1)C(c1ccc(COS(=O)(=O)O)cc1)C1CC1. The third kappa shape index (κ3) is 6.11. The van der Waals surface area contributed by atoms with E-state index in [9.17, 15) is 8.42 Å². The second-order valence-electron chi connectivity index (χ2n) is 8.43. The maximum atomic E-state index is 10.9. The Hall–Kier alpha value is -1.68. The van der Waals surface area contributed by atoms with E-state index in [0.717, 1.165) is 52.6 Å². The topological polar surface area (TPSA) is 79.7 Å². The number of halogens is 2. The highest BCUT2D eigenvalue weighted by Crippen LogP contribution is 2.48. The zero-order valence-electron chi connectivity index (χ0n) is 18.9. The fourth-order valence-electron chi connectivity index (χ4n) is 4.10. The number of hydrogen-bond acceptors (Lipinski definition) is 6. The van der Waals surface area contributed by atoms with Crippen LogP contribution < -0.4 is 4.90 Å². The molecule has 182 valence electrons. The first-order chi connectivity index (χ1) is 16.2. The van der Waals surface area contributed by atoms with Gasteiger partial charge in [-0.3, -0.25) is 4.55 Å². The van der Waals surface area contributed by atoms with Crippen LogP contribution in [0.3, 0.4) is 0 Å². The van der Waals surface area contributed by atoms with Crippen LogP contribution in [-0.4, -0.2) is 24.5 Å². The third-order valence-electron chi connectivity index (χ3n) is 5.78. The highest BCUT2D eigenvalue weighted by molar-refractivity contribution is 7.80. The number of anilines is 1. The van der Waals surface area contributed by atoms with Gasteiger partial charge in [0, 0.05) is 22.0 Å². The van der Waals surface area contributed by atoms with Crippen molar-refractivity contribution < 1.29 is 17.2 Å². The van der Waals surface area contributed by atoms with Gasteiger partial charge in [0.15, 0.2) is 5.13 Å². The van der Waals surface area contributed by atoms with Crippen molar-refractivity contribution >= 4 is 50.1 Å². The summed E-state index contributed by atoms with van der Waals surface area (Å²) in [7, 11) is -4.47. The molecule has 1 atom stereocenters. The Balaban J connectivity index is 1.65. The van der Waals surface area contributed by atoms with Crippen molar-refractivity contribution in [3.63, 3.8) is 0 Å². The van der Waals surface area contributed by atoms with Gasteiger partial charge < -0.3 is 4.90 Å². The van der Waals surface area contributed by atoms with Crippen LogP contribution in [0.1, 0.15) is 48.2 Å². The summed E-state index contributed by atoms with van der Waals surface area (Å²) in [4.78, 5) is 8.49. The fourth-order valence-corrected chi connectivity index (χ4v) is 5.87. The van der Waals surface area contributed by atoms with E-state index >= 15 is 0 Å². The molecule has 0 bridgehead atoms. The summed E-state index contributed by atoms with van der Waals surface area (Å²) in [5.41, 5.74) is 3.55. The van der Waals surface area contributed by atoms with Gasteiger partial charge in [-0.15, -0.1) is 11.3 Å². The molecule has 6 nitrogen and oxygen atoms in total. The largest absolute Gasteiger partial charge is 0.397 e. The first kappa shape index (κ1) is 25.4. The van der Waals surface area contributed by atoms with Gasteiger partial charge in [0.25, 0.3) is 0 Å². The Morgan fingerprint density at radius 2 is 1.91 bits per heavy atom. The van der Waals surface area contributed by atoms with E-state index in [1.165, 1.54) is 0 Å². The summed E-state index contributed by atoms with van der Waals surface area (Å²) in [6, 6.07) is 13.3. The van der Waals surface area contributed by atoms with Crippen molar-refractivity contribution in [3.05, 3.63) is 68.5 Å². The minimum absolute atomic E-state index is 0.163. The molecule has 1 N–H and O–H groups in total. The molecule has 3 aromatic rings. The summed E-state index contributed by atoms with van der Waals surface area (Å²) < 4.78 is 35.1. The van der Waals surface area contributed by atoms with Gasteiger partial charge in [-0.2, -0.15) is 8.42 Å². The van der Waals surface area contributed by atoms with Crippen molar-refractivity contribution in [1.82, 2.24) is 4.98 Å². The molecule has 4 rings (SSSR count). The molecule has 1 fully saturated rings. The average Bonchev–Trinajstić information content (AvgIpc) is 3.54. The Kier molecular flexibility index (Phi) is 7.86. The highest BCUT2D eigenvalue weighted by Gasteiger charge is 2.37. The Labute approximate surface area is 214 Å². The van der Waals surface area contributed by atoms with Crippen LogP contribution in [0.25, 0.3) is 11.3 Å². The van der Waals surface area contributed by atoms with Crippen LogP contribution >= 0.6 is 34.5 Å². The maximum Gasteiger partial charge on any atom is 0.397 e. The minimum Gasteiger partial charge on any atom is -0.341 e. The van der Waals surface area contributed by atoms with E-state index in [2.05, 4.69) is 22.9 Å². The first-order valence-corrected chi connectivity index (χ1v) is 14.0. The molecule has 0 radical (unpaired) electrons. The molecule has 0 spiro atoms. The van der Waals surface area contributed by atoms with Crippen molar-refractivity contribution in [2.24, 2.45) is 5.92 Å². The van der Waals surface area contributed by atoms with E-state index in [1.807, 2.05) is 36.4 Å². The van der Waals surface area contributed by atoms with Gasteiger partial charge in [-0.25, -0.2) is 9.17 Å². The number of hydrogen-bond donors (Lipinski definition) is 1. The lowest BCUT2D eigenvalue weighted by Crippen LogP contribution is -2.31. The van der Waals surface area contributed by atoms with Crippen LogP contribution in [0.15, 0.2) is 42.5 Å². The van der Waals surface area contributed by atoms with Crippen LogP contribution in [0.5, 0.6) is 0 Å². The Bertz CT molecular complexity index is 1260. The zero-order valence-corrected chi connectivity index (χ0v) is 22.0. The molecule has 0 aliphatic heterocycles. The Morgan fingerprint density at radius 3 is 2.50 bits per heavy atom. The molecule has 1 unspecified atom stereocenters. The van der Waals surface area contributed by atoms with E-state index in [4.69, 9.17) is 32.7 Å². The molecule has 1 aliphatic carbocycles. The summed E-state index contributed by atoms with van der Waals surface area (Å²) in [5, 5.41) is 2.13. The smallest absolute Gasteiger partial charge is 0.341 e. The molecular formula is C24H26Cl2N2O4S2. The predicted octanol–water partition coefficient (Wildman–Crippen LogP) is 7.11. The molecule has 1 aliphatic rings. The number of benzene rings is 2. The number of thiazole rings is 1. The third-order valence-corrected chi connectivity index (χ3v) is 7.75. The van der Waals surface area contributed by atoms with E-state index in [0.29, 0.717) is 21.5 Å². The zero-order chi connectivity index (χ0) is 24.5. The summed E-state index contributed by atoms with van der Waals surface area (Å²) >= 11 is 14.2. The lowest BCUT2D eigenvalue weighted by molar-refractivity contribution is 0.259. The van der Waals surface area contributed by atoms with Gasteiger partial charge in [0.1, 0.15) is 0 Å². The quantitative estimate of drug-likeness (QED) is 0.276. The van der Waals surface area contributed by atoms with Gasteiger partial charge in [-0.1, -0.05) is 54.4 Å². The molecular weight excluding hydrogens is 515 g/mol. The average molecular weight is 542 g/mol. The number of aromatic nitrogens is 1. The van der Waals surface area contributed by atoms with E-state index in [-0.39, 0.29) is 12.6 Å². The molecule has 0 saturated heterocycles. The van der Waals surface area contributed by atoms with E-state index < -0.39 is 10.4 Å². The van der Waals surface area contributed by atoms with Gasteiger partial charge in [0.05, 0.1) is 23.4 Å². The minimum atomic E-state index is -4.47. The molecule has 1 heterocycles. The van der Waals surface area contributed by atoms with Crippen molar-refractivity contribution in [1.29, 1.82) is 0 Å². The number of aryl methyl sites for hydroxylation is 1. The fraction of sp³-hybridized carbons (Fsp3) is 0.375. The summed E-state index contributed by atoms with van der Waals surface area (Å²) in [5.74, 6) is 0.526. The number of nitrogens with zero attached hydrogens (tertiary/aromatic N) is 2. The van der Waals surface area contributed by atoms with Crippen molar-refractivity contribution in [3.8, 4) is 11.3 Å². The van der Waals surface area contributed by atoms with Crippen molar-refractivity contribution in [2.45, 2.75) is 45.8 Å². The standard InChI is InChI=1S/C24H26Cl2N2O4S2/c1-3-12-28(24-27-22(15(2)33-24)20-11-10-19(25)13-21(20)26)23(18-8-9-18)17-6-4-16(5-7-17)14-32-34(29,30)31/h4-7,10-11,13,18,23H,3,8-9,12,14H2,1-2H3,(H,29,30,31). The Morgan fingerprint density at radius 1 is 1.21 bits per heavy atom. The lowest BCUT2D eigenvalue weighted by Gasteiger charge is -2.32. The first-order valence-electron chi connectivity index (χ1n) is 11.1. The van der Waals surface area contributed by atoms with E-state index in [1.54, 1.807) is 17.4 Å². The van der Waals surface area contributed by atoms with Crippen LogP contribution in [0, 0.1) is 12.8 Å². The molecule has 1 aromatic heterocycles. The molecule has 0 amide bonds. The normalized spacial score (nSPS) is 14.9. The van der Waals surface area contributed by atoms with Gasteiger partial charge in [0.2, 0.25) is 0 Å². The second-order valence-corrected chi connectivity index (χ2v) is 11.5. The molecule has 10 heteroatoms. The predicted molar refractivity (Wildman–Crippen MR) is 138 cm³/mol. The molecule has 2 aromatic carbocycles. The number of rotatable bonds is 10. The van der Waals surface area contributed by atoms with Gasteiger partial charge in [-0.05, 0) is 61.4 Å². The summed E-state index contributed by atoms with van der Waals surface area (Å²) in [6.07, 6.45) is 3.27. The van der Waals surface area contributed by atoms with Crippen LogP contribution in [0.2, 0.25) is 10.0 Å². The molecule has 34 heavy (non-hydrogen) atoms. The van der Waals surface area contributed by atoms with Crippen molar-refractivity contribution in [2.75, 3.05) is 11.4 Å².